The molecule has 0 bridgehead atoms. The summed E-state index contributed by atoms with van der Waals surface area (Å²) in [6.07, 6.45) is -0.617. The normalized spacial score (nSPS) is 14.8. The number of halogens is 1. The lowest BCUT2D eigenvalue weighted by Gasteiger charge is -2.34. The molecule has 0 fully saturated rings. The van der Waals surface area contributed by atoms with E-state index < -0.39 is 12.2 Å². The molecule has 0 heterocycles. The Morgan fingerprint density at radius 3 is 2.24 bits per heavy atom. The smallest absolute Gasteiger partial charge is 0.236 e. The largest absolute Gasteiger partial charge is 0.337 e. The molecule has 0 aromatic carbocycles. The maximum Gasteiger partial charge on any atom is 0.236 e. The van der Waals surface area contributed by atoms with Gasteiger partial charge >= 0.3 is 0 Å². The lowest BCUT2D eigenvalue weighted by molar-refractivity contribution is -0.177. The van der Waals surface area contributed by atoms with Gasteiger partial charge in [-0.05, 0) is 11.8 Å². The molecular weight excluding hydrogens is 242 g/mol. The Bertz CT molecular complexity index is 289. The zero-order valence-electron chi connectivity index (χ0n) is 10.6. The van der Waals surface area contributed by atoms with Crippen molar-refractivity contribution in [1.29, 1.82) is 5.26 Å². The van der Waals surface area contributed by atoms with Gasteiger partial charge in [-0.25, -0.2) is 0 Å². The van der Waals surface area contributed by atoms with Gasteiger partial charge in [0.05, 0.1) is 6.07 Å². The predicted molar refractivity (Wildman–Crippen MR) is 65.4 cm³/mol. The topological polar surface area (TPSA) is 76.4 Å². The lowest BCUT2D eigenvalue weighted by Crippen LogP contribution is -2.54. The Labute approximate surface area is 107 Å². The second-order valence-electron chi connectivity index (χ2n) is 4.59. The highest BCUT2D eigenvalue weighted by atomic mass is 35.5. The van der Waals surface area contributed by atoms with Crippen molar-refractivity contribution in [2.45, 2.75) is 39.9 Å². The van der Waals surface area contributed by atoms with Gasteiger partial charge in [0, 0.05) is 0 Å². The van der Waals surface area contributed by atoms with Crippen LogP contribution in [0.25, 0.3) is 0 Å². The van der Waals surface area contributed by atoms with Crippen LogP contribution in [0.1, 0.15) is 27.7 Å². The van der Waals surface area contributed by atoms with E-state index in [1.54, 1.807) is 0 Å². The third kappa shape index (κ3) is 4.90. The fraction of sp³-hybridized carbons (Fsp3) is 0.818. The van der Waals surface area contributed by atoms with Gasteiger partial charge in [0.1, 0.15) is 18.1 Å². The Morgan fingerprint density at radius 1 is 1.41 bits per heavy atom. The predicted octanol–water partition coefficient (Wildman–Crippen LogP) is 1.56. The molecule has 2 atom stereocenters. The highest BCUT2D eigenvalue weighted by Crippen LogP contribution is 2.15. The van der Waals surface area contributed by atoms with Gasteiger partial charge in [-0.3, -0.25) is 4.79 Å². The van der Waals surface area contributed by atoms with E-state index in [0.717, 1.165) is 5.06 Å². The summed E-state index contributed by atoms with van der Waals surface area (Å²) in [7, 11) is 0. The van der Waals surface area contributed by atoms with E-state index in [0.29, 0.717) is 0 Å². The summed E-state index contributed by atoms with van der Waals surface area (Å²) in [6.45, 7) is 7.35. The molecule has 0 aliphatic heterocycles. The van der Waals surface area contributed by atoms with Crippen molar-refractivity contribution in [2.75, 3.05) is 5.88 Å². The molecule has 98 valence electrons. The summed E-state index contributed by atoms with van der Waals surface area (Å²) in [6, 6.07) is 1.35. The molecular formula is C11H20ClN3O2. The number of rotatable bonds is 6. The van der Waals surface area contributed by atoms with Crippen LogP contribution in [0.15, 0.2) is 0 Å². The second kappa shape index (κ2) is 7.49. The highest BCUT2D eigenvalue weighted by molar-refractivity contribution is 6.27. The number of carbonyl (C=O) groups excluding carboxylic acids is 1. The number of hydrogen-bond acceptors (Lipinski definition) is 4. The molecule has 0 rings (SSSR count). The lowest BCUT2D eigenvalue weighted by atomic mass is 10.0. The molecule has 17 heavy (non-hydrogen) atoms. The number of carbonyl (C=O) groups is 1. The summed E-state index contributed by atoms with van der Waals surface area (Å²) in [5.74, 6) is -0.624. The van der Waals surface area contributed by atoms with Crippen LogP contribution >= 0.6 is 11.6 Å². The van der Waals surface area contributed by atoms with Crippen LogP contribution in [-0.4, -0.2) is 34.3 Å². The van der Waals surface area contributed by atoms with E-state index >= 15 is 0 Å². The van der Waals surface area contributed by atoms with Gasteiger partial charge < -0.3 is 10.5 Å². The van der Waals surface area contributed by atoms with Crippen LogP contribution in [-0.2, 0) is 4.79 Å². The Balaban J connectivity index is 4.82. The van der Waals surface area contributed by atoms with Crippen molar-refractivity contribution in [3.05, 3.63) is 0 Å². The quantitative estimate of drug-likeness (QED) is 0.432. The standard InChI is InChI=1S/C11H20ClN3O2/c1-7(2)9(6-13)15(17)11(8(3)4)14-10(16)5-12/h7-9,11,17H,5H2,1-4H3,(H,14,16). The van der Waals surface area contributed by atoms with Crippen LogP contribution in [0.2, 0.25) is 0 Å². The van der Waals surface area contributed by atoms with Crippen molar-refractivity contribution in [3.63, 3.8) is 0 Å². The summed E-state index contributed by atoms with van der Waals surface area (Å²) in [5.41, 5.74) is 0. The van der Waals surface area contributed by atoms with Crippen LogP contribution in [0, 0.1) is 23.2 Å². The summed E-state index contributed by atoms with van der Waals surface area (Å²) >= 11 is 5.40. The minimum absolute atomic E-state index is 0.0400. The van der Waals surface area contributed by atoms with Gasteiger partial charge in [0.15, 0.2) is 0 Å². The zero-order chi connectivity index (χ0) is 13.6. The molecule has 5 nitrogen and oxygen atoms in total. The third-order valence-electron chi connectivity index (χ3n) is 2.40. The van der Waals surface area contributed by atoms with Gasteiger partial charge in [0.25, 0.3) is 0 Å². The van der Waals surface area contributed by atoms with E-state index in [1.807, 2.05) is 33.8 Å². The van der Waals surface area contributed by atoms with Gasteiger partial charge in [-0.2, -0.15) is 10.3 Å². The highest BCUT2D eigenvalue weighted by Gasteiger charge is 2.30. The van der Waals surface area contributed by atoms with Crippen LogP contribution in [0.4, 0.5) is 0 Å². The number of amides is 1. The fourth-order valence-corrected chi connectivity index (χ4v) is 1.51. The molecule has 0 spiro atoms. The molecule has 0 aromatic heterocycles. The van der Waals surface area contributed by atoms with E-state index in [-0.39, 0.29) is 23.6 Å². The number of nitrogens with one attached hydrogen (secondary N) is 1. The summed E-state index contributed by atoms with van der Waals surface area (Å²) in [4.78, 5) is 11.2. The van der Waals surface area contributed by atoms with Crippen molar-refractivity contribution in [1.82, 2.24) is 10.4 Å². The van der Waals surface area contributed by atoms with Gasteiger partial charge in [-0.1, -0.05) is 27.7 Å². The van der Waals surface area contributed by atoms with Crippen molar-refractivity contribution in [2.24, 2.45) is 11.8 Å². The van der Waals surface area contributed by atoms with Crippen LogP contribution in [0.3, 0.4) is 0 Å². The number of nitriles is 1. The van der Waals surface area contributed by atoms with Crippen LogP contribution < -0.4 is 5.32 Å². The molecule has 0 aromatic rings. The Morgan fingerprint density at radius 2 is 1.94 bits per heavy atom. The van der Waals surface area contributed by atoms with E-state index in [1.165, 1.54) is 0 Å². The first kappa shape index (κ1) is 16.2. The summed E-state index contributed by atoms with van der Waals surface area (Å²) in [5, 5.41) is 22.5. The average Bonchev–Trinajstić information content (AvgIpc) is 2.25. The zero-order valence-corrected chi connectivity index (χ0v) is 11.4. The van der Waals surface area contributed by atoms with Gasteiger partial charge in [0.2, 0.25) is 5.91 Å². The number of hydrogen-bond donors (Lipinski definition) is 2. The molecule has 0 saturated carbocycles. The number of alkyl halides is 1. The molecule has 6 heteroatoms. The third-order valence-corrected chi connectivity index (χ3v) is 2.64. The summed E-state index contributed by atoms with van der Waals surface area (Å²) < 4.78 is 0. The monoisotopic (exact) mass is 261 g/mol. The van der Waals surface area contributed by atoms with E-state index in [9.17, 15) is 10.0 Å². The molecule has 1 amide bonds. The Hall–Kier alpha value is -0.830. The SMILES string of the molecule is CC(C)C(C#N)N(O)C(NC(=O)CCl)C(C)C. The molecule has 0 aliphatic rings. The van der Waals surface area contributed by atoms with Gasteiger partial charge in [-0.15, -0.1) is 11.6 Å². The first-order valence-electron chi connectivity index (χ1n) is 5.57. The van der Waals surface area contributed by atoms with Crippen molar-refractivity contribution < 1.29 is 10.0 Å². The number of hydroxylamine groups is 2. The first-order valence-corrected chi connectivity index (χ1v) is 6.10. The molecule has 0 radical (unpaired) electrons. The molecule has 0 saturated heterocycles. The molecule has 2 unspecified atom stereocenters. The van der Waals surface area contributed by atoms with E-state index in [2.05, 4.69) is 5.32 Å². The maximum atomic E-state index is 11.2. The Kier molecular flexibility index (Phi) is 7.12. The van der Waals surface area contributed by atoms with Crippen molar-refractivity contribution >= 4 is 17.5 Å². The minimum atomic E-state index is -0.668. The van der Waals surface area contributed by atoms with Crippen molar-refractivity contribution in [3.8, 4) is 6.07 Å². The second-order valence-corrected chi connectivity index (χ2v) is 4.86. The fourth-order valence-electron chi connectivity index (χ4n) is 1.43. The average molecular weight is 262 g/mol. The molecule has 2 N–H and O–H groups in total. The van der Waals surface area contributed by atoms with Crippen LogP contribution in [0.5, 0.6) is 0 Å². The molecule has 0 aliphatic carbocycles. The van der Waals surface area contributed by atoms with E-state index in [4.69, 9.17) is 16.9 Å². The maximum absolute atomic E-state index is 11.2. The number of nitrogens with zero attached hydrogens (tertiary/aromatic N) is 2. The first-order chi connectivity index (χ1) is 7.84. The minimum Gasteiger partial charge on any atom is -0.337 e.